The van der Waals surface area contributed by atoms with Gasteiger partial charge in [0.2, 0.25) is 11.8 Å². The smallest absolute Gasteiger partial charge is 0.239 e. The monoisotopic (exact) mass is 279 g/mol. The van der Waals surface area contributed by atoms with Gasteiger partial charge in [0.05, 0.1) is 19.7 Å². The number of hydrogen-bond acceptors (Lipinski definition) is 4. The van der Waals surface area contributed by atoms with E-state index >= 15 is 0 Å². The minimum absolute atomic E-state index is 0.0618. The average Bonchev–Trinajstić information content (AvgIpc) is 2.49. The lowest BCUT2D eigenvalue weighted by Gasteiger charge is -2.08. The lowest BCUT2D eigenvalue weighted by atomic mass is 10.2. The molecule has 0 bridgehead atoms. The Hall–Kier alpha value is -2.08. The second-order valence-electron chi connectivity index (χ2n) is 4.25. The Balaban J connectivity index is 2.30. The minimum Gasteiger partial charge on any atom is -0.494 e. The summed E-state index contributed by atoms with van der Waals surface area (Å²) in [5, 5.41) is 5.11. The third kappa shape index (κ3) is 6.19. The van der Waals surface area contributed by atoms with Gasteiger partial charge in [0.15, 0.2) is 0 Å². The molecule has 0 aliphatic heterocycles. The zero-order chi connectivity index (χ0) is 14.8. The number of nitrogens with one attached hydrogen (secondary N) is 2. The van der Waals surface area contributed by atoms with Crippen LogP contribution in [0.15, 0.2) is 24.3 Å². The predicted octanol–water partition coefficient (Wildman–Crippen LogP) is 0.167. The summed E-state index contributed by atoms with van der Waals surface area (Å²) in [5.41, 5.74) is 6.08. The fourth-order valence-electron chi connectivity index (χ4n) is 1.44. The Kier molecular flexibility index (Phi) is 7.13. The standard InChI is InChI=1S/C14H21N3O3/c1-2-7-20-12-5-3-11(4-6-12)9-16-14(19)10-17-13(18)8-15/h3-6H,2,7-10,15H2,1H3,(H,16,19)(H,17,18). The van der Waals surface area contributed by atoms with Crippen molar-refractivity contribution in [3.8, 4) is 5.75 Å². The first-order chi connectivity index (χ1) is 9.65. The van der Waals surface area contributed by atoms with Crippen molar-refractivity contribution in [2.75, 3.05) is 19.7 Å². The van der Waals surface area contributed by atoms with Gasteiger partial charge in [0.1, 0.15) is 5.75 Å². The molecule has 1 aromatic carbocycles. The van der Waals surface area contributed by atoms with Crippen LogP contribution in [-0.2, 0) is 16.1 Å². The van der Waals surface area contributed by atoms with Crippen LogP contribution in [0.3, 0.4) is 0 Å². The first-order valence-corrected chi connectivity index (χ1v) is 6.61. The van der Waals surface area contributed by atoms with E-state index in [1.807, 2.05) is 31.2 Å². The minimum atomic E-state index is -0.349. The number of amides is 2. The van der Waals surface area contributed by atoms with E-state index in [9.17, 15) is 9.59 Å². The van der Waals surface area contributed by atoms with Crippen molar-refractivity contribution in [3.05, 3.63) is 29.8 Å². The van der Waals surface area contributed by atoms with Crippen LogP contribution in [0.4, 0.5) is 0 Å². The fourth-order valence-corrected chi connectivity index (χ4v) is 1.44. The van der Waals surface area contributed by atoms with Gasteiger partial charge >= 0.3 is 0 Å². The van der Waals surface area contributed by atoms with Crippen molar-refractivity contribution >= 4 is 11.8 Å². The summed E-state index contributed by atoms with van der Waals surface area (Å²) in [7, 11) is 0. The second-order valence-corrected chi connectivity index (χ2v) is 4.25. The van der Waals surface area contributed by atoms with Crippen LogP contribution in [0.25, 0.3) is 0 Å². The van der Waals surface area contributed by atoms with Crippen LogP contribution in [0, 0.1) is 0 Å². The normalized spacial score (nSPS) is 9.90. The molecule has 0 aliphatic carbocycles. The van der Waals surface area contributed by atoms with Gasteiger partial charge in [-0.1, -0.05) is 19.1 Å². The molecule has 0 aromatic heterocycles. The van der Waals surface area contributed by atoms with E-state index in [1.165, 1.54) is 0 Å². The average molecular weight is 279 g/mol. The van der Waals surface area contributed by atoms with Gasteiger partial charge in [-0.15, -0.1) is 0 Å². The Morgan fingerprint density at radius 1 is 1.15 bits per heavy atom. The van der Waals surface area contributed by atoms with Crippen molar-refractivity contribution in [2.24, 2.45) is 5.73 Å². The summed E-state index contributed by atoms with van der Waals surface area (Å²) in [4.78, 5) is 22.3. The molecule has 0 saturated heterocycles. The van der Waals surface area contributed by atoms with E-state index in [0.717, 1.165) is 17.7 Å². The fraction of sp³-hybridized carbons (Fsp3) is 0.429. The lowest BCUT2D eigenvalue weighted by Crippen LogP contribution is -2.39. The highest BCUT2D eigenvalue weighted by Crippen LogP contribution is 2.12. The molecule has 0 radical (unpaired) electrons. The van der Waals surface area contributed by atoms with Crippen LogP contribution in [-0.4, -0.2) is 31.5 Å². The third-order valence-corrected chi connectivity index (χ3v) is 2.52. The molecule has 0 atom stereocenters. The Bertz CT molecular complexity index is 432. The van der Waals surface area contributed by atoms with E-state index in [0.29, 0.717) is 13.2 Å². The van der Waals surface area contributed by atoms with Crippen LogP contribution < -0.4 is 21.1 Å². The number of carbonyl (C=O) groups excluding carboxylic acids is 2. The SMILES string of the molecule is CCCOc1ccc(CNC(=O)CNC(=O)CN)cc1. The van der Waals surface area contributed by atoms with E-state index in [4.69, 9.17) is 10.5 Å². The zero-order valence-electron chi connectivity index (χ0n) is 11.6. The number of ether oxygens (including phenoxy) is 1. The maximum absolute atomic E-state index is 11.5. The molecule has 110 valence electrons. The highest BCUT2D eigenvalue weighted by Gasteiger charge is 2.03. The highest BCUT2D eigenvalue weighted by atomic mass is 16.5. The zero-order valence-corrected chi connectivity index (χ0v) is 11.6. The van der Waals surface area contributed by atoms with Crippen molar-refractivity contribution in [3.63, 3.8) is 0 Å². The molecule has 4 N–H and O–H groups in total. The van der Waals surface area contributed by atoms with Crippen molar-refractivity contribution in [1.29, 1.82) is 0 Å². The van der Waals surface area contributed by atoms with E-state index < -0.39 is 0 Å². The van der Waals surface area contributed by atoms with Crippen LogP contribution >= 0.6 is 0 Å². The number of carbonyl (C=O) groups is 2. The molecule has 1 aromatic rings. The molecule has 0 unspecified atom stereocenters. The molecule has 0 aliphatic rings. The molecule has 20 heavy (non-hydrogen) atoms. The summed E-state index contributed by atoms with van der Waals surface area (Å²) < 4.78 is 5.47. The summed E-state index contributed by atoms with van der Waals surface area (Å²) >= 11 is 0. The first kappa shape index (κ1) is 16.0. The third-order valence-electron chi connectivity index (χ3n) is 2.52. The molecule has 2 amide bonds. The lowest BCUT2D eigenvalue weighted by molar-refractivity contribution is -0.125. The first-order valence-electron chi connectivity index (χ1n) is 6.61. The van der Waals surface area contributed by atoms with Crippen LogP contribution in [0.1, 0.15) is 18.9 Å². The van der Waals surface area contributed by atoms with Gasteiger partial charge in [-0.25, -0.2) is 0 Å². The van der Waals surface area contributed by atoms with Crippen molar-refractivity contribution in [1.82, 2.24) is 10.6 Å². The second kappa shape index (κ2) is 8.92. The van der Waals surface area contributed by atoms with Gasteiger partial charge in [0.25, 0.3) is 0 Å². The van der Waals surface area contributed by atoms with Gasteiger partial charge in [-0.3, -0.25) is 9.59 Å². The quantitative estimate of drug-likeness (QED) is 0.632. The van der Waals surface area contributed by atoms with E-state index in [1.54, 1.807) is 0 Å². The Morgan fingerprint density at radius 3 is 2.45 bits per heavy atom. The molecule has 1 rings (SSSR count). The maximum atomic E-state index is 11.5. The summed E-state index contributed by atoms with van der Waals surface area (Å²) in [5.74, 6) is 0.216. The molecular weight excluding hydrogens is 258 g/mol. The molecule has 0 spiro atoms. The number of benzene rings is 1. The van der Waals surface area contributed by atoms with Gasteiger partial charge < -0.3 is 21.1 Å². The van der Waals surface area contributed by atoms with Crippen LogP contribution in [0.2, 0.25) is 0 Å². The summed E-state index contributed by atoms with van der Waals surface area (Å²) in [6, 6.07) is 7.52. The topological polar surface area (TPSA) is 93.5 Å². The van der Waals surface area contributed by atoms with Gasteiger partial charge in [-0.2, -0.15) is 0 Å². The largest absolute Gasteiger partial charge is 0.494 e. The van der Waals surface area contributed by atoms with Crippen LogP contribution in [0.5, 0.6) is 5.75 Å². The number of nitrogens with two attached hydrogens (primary N) is 1. The van der Waals surface area contributed by atoms with Crippen molar-refractivity contribution in [2.45, 2.75) is 19.9 Å². The van der Waals surface area contributed by atoms with Gasteiger partial charge in [-0.05, 0) is 24.1 Å². The molecule has 0 fully saturated rings. The Labute approximate surface area is 118 Å². The van der Waals surface area contributed by atoms with E-state index in [2.05, 4.69) is 10.6 Å². The molecule has 0 heterocycles. The summed E-state index contributed by atoms with van der Waals surface area (Å²) in [6.07, 6.45) is 0.965. The molecule has 6 nitrogen and oxygen atoms in total. The highest BCUT2D eigenvalue weighted by molar-refractivity contribution is 5.85. The number of rotatable bonds is 8. The molecule has 0 saturated carbocycles. The molecular formula is C14H21N3O3. The van der Waals surface area contributed by atoms with E-state index in [-0.39, 0.29) is 24.9 Å². The van der Waals surface area contributed by atoms with Gasteiger partial charge in [0, 0.05) is 6.54 Å². The summed E-state index contributed by atoms with van der Waals surface area (Å²) in [6.45, 7) is 2.97. The maximum Gasteiger partial charge on any atom is 0.239 e. The predicted molar refractivity (Wildman–Crippen MR) is 76.1 cm³/mol. The number of hydrogen-bond donors (Lipinski definition) is 3. The molecule has 6 heteroatoms. The van der Waals surface area contributed by atoms with Crippen molar-refractivity contribution < 1.29 is 14.3 Å². The Morgan fingerprint density at radius 2 is 1.85 bits per heavy atom.